The standard InChI is InChI=1S/C28H35N3O5S3/c1-5-35-12-11-31-20-10-8-18(4)14-22(20)39-28(31)30-24(33)16-37-15-23(32)29-26-25(27(34)36-6-2)19-9-7-17(3)13-21(19)38-26/h8,10,14,17H,5-7,9,11-13,15-16H2,1-4H3,(H,29,32). The van der Waals surface area contributed by atoms with Crippen molar-refractivity contribution >= 4 is 67.4 Å². The van der Waals surface area contributed by atoms with E-state index in [4.69, 9.17) is 9.47 Å². The van der Waals surface area contributed by atoms with Crippen molar-refractivity contribution in [3.63, 3.8) is 0 Å². The molecule has 1 aliphatic rings. The Hall–Kier alpha value is -2.47. The molecule has 0 fully saturated rings. The molecule has 0 spiro atoms. The molecular weight excluding hydrogens is 555 g/mol. The van der Waals surface area contributed by atoms with Crippen LogP contribution in [0, 0.1) is 12.8 Å². The van der Waals surface area contributed by atoms with Crippen LogP contribution < -0.4 is 10.1 Å². The predicted octanol–water partition coefficient (Wildman–Crippen LogP) is 5.21. The maximum Gasteiger partial charge on any atom is 0.341 e. The number of benzene rings is 1. The van der Waals surface area contributed by atoms with Gasteiger partial charge in [0.05, 0.1) is 40.5 Å². The molecule has 3 aromatic rings. The lowest BCUT2D eigenvalue weighted by Crippen LogP contribution is -2.21. The molecule has 1 aromatic carbocycles. The van der Waals surface area contributed by atoms with Crippen LogP contribution in [-0.2, 0) is 38.4 Å². The van der Waals surface area contributed by atoms with Crippen LogP contribution in [0.2, 0.25) is 0 Å². The monoisotopic (exact) mass is 589 g/mol. The number of carbonyl (C=O) groups is 3. The number of thiophene rings is 1. The molecule has 2 heterocycles. The first-order chi connectivity index (χ1) is 18.8. The number of fused-ring (bicyclic) bond motifs is 2. The molecule has 1 aliphatic carbocycles. The Balaban J connectivity index is 1.41. The van der Waals surface area contributed by atoms with Gasteiger partial charge in [-0.05, 0) is 69.2 Å². The molecule has 2 aromatic heterocycles. The van der Waals surface area contributed by atoms with Gasteiger partial charge in [-0.15, -0.1) is 23.1 Å². The number of esters is 1. The van der Waals surface area contributed by atoms with Crippen LogP contribution in [0.25, 0.3) is 10.2 Å². The van der Waals surface area contributed by atoms with Crippen molar-refractivity contribution in [2.24, 2.45) is 10.9 Å². The molecule has 8 nitrogen and oxygen atoms in total. The summed E-state index contributed by atoms with van der Waals surface area (Å²) in [6.07, 6.45) is 2.72. The van der Waals surface area contributed by atoms with Crippen molar-refractivity contribution in [3.8, 4) is 0 Å². The Morgan fingerprint density at radius 3 is 2.77 bits per heavy atom. The molecule has 1 atom stereocenters. The summed E-state index contributed by atoms with van der Waals surface area (Å²) >= 11 is 4.15. The highest BCUT2D eigenvalue weighted by Crippen LogP contribution is 2.40. The SMILES string of the molecule is CCOCCn1c(=NC(=O)CSCC(=O)Nc2sc3c(c2C(=O)OCC)CCC(C)C3)sc2cc(C)ccc21. The summed E-state index contributed by atoms with van der Waals surface area (Å²) in [5.41, 5.74) is 3.66. The Labute approximate surface area is 240 Å². The maximum atomic E-state index is 12.8. The van der Waals surface area contributed by atoms with E-state index in [2.05, 4.69) is 23.3 Å². The summed E-state index contributed by atoms with van der Waals surface area (Å²) in [4.78, 5) is 44.4. The third kappa shape index (κ3) is 7.39. The number of thioether (sulfide) groups is 1. The zero-order valence-corrected chi connectivity index (χ0v) is 25.3. The van der Waals surface area contributed by atoms with Crippen molar-refractivity contribution < 1.29 is 23.9 Å². The molecule has 0 bridgehead atoms. The highest BCUT2D eigenvalue weighted by Gasteiger charge is 2.29. The van der Waals surface area contributed by atoms with Gasteiger partial charge in [-0.2, -0.15) is 4.99 Å². The summed E-state index contributed by atoms with van der Waals surface area (Å²) in [5, 5.41) is 3.45. The number of hydrogen-bond acceptors (Lipinski definition) is 8. The normalized spacial score (nSPS) is 15.4. The van der Waals surface area contributed by atoms with Gasteiger partial charge < -0.3 is 19.4 Å². The van der Waals surface area contributed by atoms with Gasteiger partial charge in [0.15, 0.2) is 4.80 Å². The second-order valence-corrected chi connectivity index (χ2v) is 12.6. The number of amides is 2. The van der Waals surface area contributed by atoms with Crippen molar-refractivity contribution in [2.75, 3.05) is 36.6 Å². The lowest BCUT2D eigenvalue weighted by atomic mass is 9.88. The van der Waals surface area contributed by atoms with E-state index in [0.29, 0.717) is 41.0 Å². The first kappa shape index (κ1) is 29.5. The first-order valence-electron chi connectivity index (χ1n) is 13.2. The Morgan fingerprint density at radius 1 is 1.18 bits per heavy atom. The summed E-state index contributed by atoms with van der Waals surface area (Å²) in [5.74, 6) is -0.239. The van der Waals surface area contributed by atoms with E-state index in [1.165, 1.54) is 34.4 Å². The number of hydrogen-bond donors (Lipinski definition) is 1. The highest BCUT2D eigenvalue weighted by atomic mass is 32.2. The van der Waals surface area contributed by atoms with Gasteiger partial charge in [0.25, 0.3) is 5.91 Å². The topological polar surface area (TPSA) is 99.0 Å². The minimum absolute atomic E-state index is 0.0787. The maximum absolute atomic E-state index is 12.8. The summed E-state index contributed by atoms with van der Waals surface area (Å²) in [7, 11) is 0. The molecule has 0 saturated heterocycles. The van der Waals surface area contributed by atoms with Gasteiger partial charge in [0.1, 0.15) is 5.00 Å². The average molecular weight is 590 g/mol. The fraction of sp³-hybridized carbons (Fsp3) is 0.500. The highest BCUT2D eigenvalue weighted by molar-refractivity contribution is 8.00. The number of ether oxygens (including phenoxy) is 2. The van der Waals surface area contributed by atoms with Crippen molar-refractivity contribution in [3.05, 3.63) is 44.6 Å². The average Bonchev–Trinajstić information content (AvgIpc) is 3.40. The van der Waals surface area contributed by atoms with E-state index >= 15 is 0 Å². The zero-order valence-electron chi connectivity index (χ0n) is 22.8. The molecule has 11 heteroatoms. The van der Waals surface area contributed by atoms with E-state index in [1.54, 1.807) is 6.92 Å². The van der Waals surface area contributed by atoms with Crippen molar-refractivity contribution in [1.82, 2.24) is 4.57 Å². The minimum Gasteiger partial charge on any atom is -0.462 e. The van der Waals surface area contributed by atoms with E-state index in [1.807, 2.05) is 30.5 Å². The third-order valence-electron chi connectivity index (χ3n) is 6.42. The van der Waals surface area contributed by atoms with Gasteiger partial charge >= 0.3 is 5.97 Å². The van der Waals surface area contributed by atoms with Crippen LogP contribution in [-0.4, -0.2) is 53.7 Å². The summed E-state index contributed by atoms with van der Waals surface area (Å²) in [6, 6.07) is 6.18. The summed E-state index contributed by atoms with van der Waals surface area (Å²) < 4.78 is 13.9. The quantitative estimate of drug-likeness (QED) is 0.244. The van der Waals surface area contributed by atoms with E-state index in [9.17, 15) is 14.4 Å². The number of rotatable bonds is 11. The molecule has 0 saturated carbocycles. The summed E-state index contributed by atoms with van der Waals surface area (Å²) in [6.45, 7) is 10.00. The fourth-order valence-electron chi connectivity index (χ4n) is 4.57. The second-order valence-electron chi connectivity index (χ2n) is 9.53. The Bertz CT molecular complexity index is 1420. The molecule has 2 amide bonds. The number of aromatic nitrogens is 1. The molecule has 0 radical (unpaired) electrons. The molecule has 1 unspecified atom stereocenters. The largest absolute Gasteiger partial charge is 0.462 e. The smallest absolute Gasteiger partial charge is 0.341 e. The fourth-order valence-corrected chi connectivity index (χ4v) is 7.76. The van der Waals surface area contributed by atoms with Crippen LogP contribution in [0.1, 0.15) is 53.6 Å². The zero-order chi connectivity index (χ0) is 27.9. The number of aryl methyl sites for hydroxylation is 1. The molecule has 39 heavy (non-hydrogen) atoms. The van der Waals surface area contributed by atoms with Crippen molar-refractivity contribution in [1.29, 1.82) is 0 Å². The van der Waals surface area contributed by atoms with Crippen LogP contribution in [0.15, 0.2) is 23.2 Å². The van der Waals surface area contributed by atoms with Gasteiger partial charge in [-0.25, -0.2) is 4.79 Å². The number of thiazole rings is 1. The molecular formula is C28H35N3O5S3. The Morgan fingerprint density at radius 2 is 2.00 bits per heavy atom. The second kappa shape index (κ2) is 13.7. The molecule has 1 N–H and O–H groups in total. The molecule has 210 valence electrons. The third-order valence-corrected chi connectivity index (χ3v) is 9.55. The van der Waals surface area contributed by atoms with Gasteiger partial charge in [-0.3, -0.25) is 9.59 Å². The number of nitrogens with one attached hydrogen (secondary N) is 1. The van der Waals surface area contributed by atoms with E-state index in [0.717, 1.165) is 45.5 Å². The van der Waals surface area contributed by atoms with Gasteiger partial charge in [-0.1, -0.05) is 24.3 Å². The first-order valence-corrected chi connectivity index (χ1v) is 16.0. The predicted molar refractivity (Wildman–Crippen MR) is 159 cm³/mol. The number of anilines is 1. The van der Waals surface area contributed by atoms with E-state index < -0.39 is 5.97 Å². The van der Waals surface area contributed by atoms with Gasteiger partial charge in [0.2, 0.25) is 5.91 Å². The van der Waals surface area contributed by atoms with Crippen LogP contribution in [0.5, 0.6) is 0 Å². The van der Waals surface area contributed by atoms with Crippen LogP contribution >= 0.6 is 34.4 Å². The van der Waals surface area contributed by atoms with Crippen LogP contribution in [0.3, 0.4) is 0 Å². The number of carbonyl (C=O) groups excluding carboxylic acids is 3. The lowest BCUT2D eigenvalue weighted by Gasteiger charge is -2.18. The van der Waals surface area contributed by atoms with E-state index in [-0.39, 0.29) is 29.9 Å². The Kier molecular flexibility index (Phi) is 10.4. The number of nitrogens with zero attached hydrogens (tertiary/aromatic N) is 2. The van der Waals surface area contributed by atoms with Gasteiger partial charge in [0, 0.05) is 18.0 Å². The minimum atomic E-state index is -0.391. The van der Waals surface area contributed by atoms with Crippen LogP contribution in [0.4, 0.5) is 5.00 Å². The van der Waals surface area contributed by atoms with Crippen molar-refractivity contribution in [2.45, 2.75) is 53.5 Å². The molecule has 0 aliphatic heterocycles. The lowest BCUT2D eigenvalue weighted by molar-refractivity contribution is -0.115. The molecule has 4 rings (SSSR count).